The summed E-state index contributed by atoms with van der Waals surface area (Å²) < 4.78 is 65.6. The third-order valence-electron chi connectivity index (χ3n) is 6.54. The molecule has 0 saturated heterocycles. The van der Waals surface area contributed by atoms with Crippen LogP contribution in [0.15, 0.2) is 97.1 Å². The van der Waals surface area contributed by atoms with Gasteiger partial charge < -0.3 is 21.8 Å². The monoisotopic (exact) mass is 983 g/mol. The number of alkyl halides is 3. The van der Waals surface area contributed by atoms with Gasteiger partial charge in [-0.15, -0.1) is 0 Å². The Labute approximate surface area is 400 Å². The molecule has 2 rings (SSSR count). The van der Waals surface area contributed by atoms with Gasteiger partial charge >= 0.3 is 26.7 Å². The Morgan fingerprint density at radius 2 is 0.778 bits per heavy atom. The van der Waals surface area contributed by atoms with Crippen molar-refractivity contribution < 1.29 is 44.6 Å². The molecule has 0 N–H and O–H groups in total. The number of hydrogen-bond donors (Lipinski definition) is 0. The van der Waals surface area contributed by atoms with Gasteiger partial charge in [0.2, 0.25) is 0 Å². The van der Waals surface area contributed by atoms with Crippen molar-refractivity contribution in [2.24, 2.45) is 0 Å². The second-order valence-corrected chi connectivity index (χ2v) is 27.7. The molecule has 0 radical (unpaired) electrons. The van der Waals surface area contributed by atoms with Crippen LogP contribution in [0.2, 0.25) is 57.4 Å². The summed E-state index contributed by atoms with van der Waals surface area (Å²) in [4.78, 5) is 20.8. The van der Waals surface area contributed by atoms with Gasteiger partial charge in [0.05, 0.1) is 13.2 Å². The van der Waals surface area contributed by atoms with Crippen molar-refractivity contribution in [3.8, 4) is 0 Å². The molecule has 2 atom stereocenters. The fraction of sp³-hybridized carbons (Fsp3) is 0.633. The van der Waals surface area contributed by atoms with Crippen molar-refractivity contribution in [3.05, 3.63) is 97.1 Å². The fourth-order valence-electron chi connectivity index (χ4n) is 3.35. The molecule has 0 spiro atoms. The quantitative estimate of drug-likeness (QED) is 0.106. The highest BCUT2D eigenvalue weighted by molar-refractivity contribution is 6.86. The molecule has 14 heteroatoms. The van der Waals surface area contributed by atoms with E-state index in [9.17, 15) is 22.8 Å². The minimum atomic E-state index is -4.18. The van der Waals surface area contributed by atoms with Crippen LogP contribution in [0, 0.1) is 0 Å². The largest absolute Gasteiger partial charge is 0.463 e. The molecule has 0 aliphatic rings. The van der Waals surface area contributed by atoms with E-state index >= 15 is 0 Å². The van der Waals surface area contributed by atoms with E-state index in [4.69, 9.17) is 12.3 Å². The molecule has 0 amide bonds. The van der Waals surface area contributed by atoms with Crippen LogP contribution in [-0.4, -0.2) is 65.8 Å². The lowest BCUT2D eigenvalue weighted by Crippen LogP contribution is -2.53. The smallest absolute Gasteiger partial charge is 0.389 e. The van der Waals surface area contributed by atoms with Gasteiger partial charge in [-0.1, -0.05) is 189 Å². The highest BCUT2D eigenvalue weighted by atomic mass is 28.5. The molecule has 0 heterocycles. The number of carbonyl (C=O) groups excluding carboxylic acids is 2. The van der Waals surface area contributed by atoms with E-state index < -0.39 is 47.1 Å². The zero-order valence-corrected chi connectivity index (χ0v) is 37.3. The normalized spacial score (nSPS) is 10.1. The molecule has 0 saturated carbocycles. The van der Waals surface area contributed by atoms with Crippen molar-refractivity contribution in [2.45, 2.75) is 201 Å². The summed E-state index contributed by atoms with van der Waals surface area (Å²) in [6, 6.07) is 25.8. The number of benzene rings is 2. The van der Waals surface area contributed by atoms with Gasteiger partial charge in [-0.3, -0.25) is 0 Å². The van der Waals surface area contributed by atoms with Crippen LogP contribution < -0.4 is 0 Å². The number of ether oxygens (including phenoxy) is 2. The number of rotatable bonds is 14. The van der Waals surface area contributed by atoms with Crippen LogP contribution in [0.4, 0.5) is 13.2 Å². The fourth-order valence-corrected chi connectivity index (χ4v) is 18.5. The van der Waals surface area contributed by atoms with E-state index in [0.29, 0.717) is 24.4 Å². The Morgan fingerprint density at radius 1 is 0.524 bits per heavy atom. The van der Waals surface area contributed by atoms with Crippen molar-refractivity contribution in [1.82, 2.24) is 0 Å². The zero-order chi connectivity index (χ0) is 40.2. The van der Waals surface area contributed by atoms with Crippen LogP contribution in [0.1, 0.15) is 137 Å². The highest BCUT2D eigenvalue weighted by Gasteiger charge is 2.43. The van der Waals surface area contributed by atoms with Gasteiger partial charge in [0, 0.05) is 17.6 Å². The average molecular weight is 984 g/mol. The van der Waals surface area contributed by atoms with Crippen LogP contribution in [0.5, 0.6) is 0 Å². The molecule has 2 aromatic carbocycles. The maximum absolute atomic E-state index is 12.7. The summed E-state index contributed by atoms with van der Waals surface area (Å²) in [7, 11) is -8.66. The molecular weight excluding hydrogens is 870 g/mol. The van der Waals surface area contributed by atoms with E-state index in [2.05, 4.69) is 42.6 Å². The van der Waals surface area contributed by atoms with Gasteiger partial charge in [0.15, 0.2) is 16.6 Å². The van der Waals surface area contributed by atoms with Crippen LogP contribution >= 0.6 is 0 Å². The molecule has 0 fully saturated rings. The topological polar surface area (TPSA) is 80.3 Å². The number of halogens is 3. The first kappa shape index (κ1) is 103. The van der Waals surface area contributed by atoms with Crippen LogP contribution in [-0.2, 0) is 31.4 Å². The van der Waals surface area contributed by atoms with Crippen LogP contribution in [0.3, 0.4) is 0 Å². The molecule has 63 heavy (non-hydrogen) atoms. The summed E-state index contributed by atoms with van der Waals surface area (Å²) in [5.41, 5.74) is 0.902. The zero-order valence-electron chi connectivity index (χ0n) is 33.2. The van der Waals surface area contributed by atoms with Gasteiger partial charge in [0.25, 0.3) is 9.28 Å². The van der Waals surface area contributed by atoms with Gasteiger partial charge in [-0.05, 0) is 85.1 Å². The summed E-state index contributed by atoms with van der Waals surface area (Å²) >= 11 is 0. The van der Waals surface area contributed by atoms with Gasteiger partial charge in [-0.25, -0.2) is 9.59 Å². The molecule has 0 aliphatic carbocycles. The molecule has 388 valence electrons. The number of esters is 2. The molecule has 7 nitrogen and oxygen atoms in total. The van der Waals surface area contributed by atoms with E-state index in [1.165, 1.54) is 0 Å². The Morgan fingerprint density at radius 3 is 0.952 bits per heavy atom. The molecule has 0 aliphatic heterocycles. The summed E-state index contributed by atoms with van der Waals surface area (Å²) in [5, 5.41) is 0. The SMILES string of the molecule is C.C.C.C.C.C.C.C.C.C.C.C.C=C(C)C(=O)OCC.C=C(C)C(=O)OCC.CC[Si](C)(C)O[SiH](C)O[Si](C)(CCC(F)(F)F)O[Si](C)(C)CC.c1ccccc1.c1ccccc1. The standard InChI is InChI=1S/C13H33F3O3Si4.2C6H10O2.2C6H6.12CH4/c1-9-21(4,5)17-20(3)18-23(8,12-11-13(14,15)16)19-22(6,7)10-2;2*1-4-8-6(7)5(2)3;2*1-2-4-6-5-3-1;;;;;;;;;;;;/h20H,9-12H2,1-8H3;2*2,4H2,1,3H3;2*1-6H;12*1H4. The first-order chi connectivity index (χ1) is 23.5. The van der Waals surface area contributed by atoms with E-state index in [-0.39, 0.29) is 107 Å². The van der Waals surface area contributed by atoms with Crippen molar-refractivity contribution >= 4 is 46.4 Å². The predicted molar refractivity (Wildman–Crippen MR) is 296 cm³/mol. The molecule has 2 unspecified atom stereocenters. The van der Waals surface area contributed by atoms with Crippen LogP contribution in [0.25, 0.3) is 0 Å². The summed E-state index contributed by atoms with van der Waals surface area (Å²) in [6.45, 7) is 30.5. The maximum Gasteiger partial charge on any atom is 0.389 e. The highest BCUT2D eigenvalue weighted by Crippen LogP contribution is 2.31. The first-order valence-electron chi connectivity index (χ1n) is 17.3. The van der Waals surface area contributed by atoms with Crippen molar-refractivity contribution in [3.63, 3.8) is 0 Å². The second-order valence-electron chi connectivity index (χ2n) is 12.7. The lowest BCUT2D eigenvalue weighted by molar-refractivity contribution is -0.139. The Bertz CT molecular complexity index is 1090. The second kappa shape index (κ2) is 57.4. The predicted octanol–water partition coefficient (Wildman–Crippen LogP) is 18.6. The van der Waals surface area contributed by atoms with Gasteiger partial charge in [0.1, 0.15) is 0 Å². The Kier molecular flexibility index (Phi) is 94.2. The molecule has 2 aromatic rings. The third-order valence-corrected chi connectivity index (χ3v) is 22.2. The van der Waals surface area contributed by atoms with E-state index in [0.717, 1.165) is 12.1 Å². The maximum atomic E-state index is 12.7. The minimum Gasteiger partial charge on any atom is -0.463 e. The molecular formula is C49H113F3O7Si4. The Hall–Kier alpha value is -2.60. The summed E-state index contributed by atoms with van der Waals surface area (Å²) in [5.74, 6) is -0.625. The molecule has 0 bridgehead atoms. The average Bonchev–Trinajstić information content (AvgIpc) is 3.06. The first-order valence-corrected chi connectivity index (χ1v) is 28.1. The Balaban J connectivity index is -0.0000000375. The van der Waals surface area contributed by atoms with E-state index in [1.807, 2.05) is 99.4 Å². The molecule has 0 aromatic heterocycles. The van der Waals surface area contributed by atoms with Crippen molar-refractivity contribution in [1.29, 1.82) is 0 Å². The lowest BCUT2D eigenvalue weighted by atomic mass is 10.4. The lowest BCUT2D eigenvalue weighted by Gasteiger charge is -2.38. The minimum absolute atomic E-state index is 0. The number of carbonyl (C=O) groups is 2. The van der Waals surface area contributed by atoms with Gasteiger partial charge in [-0.2, -0.15) is 13.2 Å². The third kappa shape index (κ3) is 71.3. The van der Waals surface area contributed by atoms with E-state index in [1.54, 1.807) is 34.2 Å². The summed E-state index contributed by atoms with van der Waals surface area (Å²) in [6.07, 6.45) is -5.03. The number of hydrogen-bond acceptors (Lipinski definition) is 7. The van der Waals surface area contributed by atoms with Crippen molar-refractivity contribution in [2.75, 3.05) is 13.2 Å².